The summed E-state index contributed by atoms with van der Waals surface area (Å²) in [6.07, 6.45) is 0. The maximum Gasteiger partial charge on any atom is 0.123 e. The fraction of sp³-hybridized carbons (Fsp3) is 0.143. The van der Waals surface area contributed by atoms with Crippen LogP contribution >= 0.6 is 38.5 Å². The van der Waals surface area contributed by atoms with Crippen molar-refractivity contribution in [3.63, 3.8) is 0 Å². The summed E-state index contributed by atoms with van der Waals surface area (Å²) in [5, 5.41) is 13.3. The maximum atomic E-state index is 9.95. The van der Waals surface area contributed by atoms with Crippen molar-refractivity contribution in [3.05, 3.63) is 55.6 Å². The molecule has 4 heteroatoms. The van der Waals surface area contributed by atoms with Crippen molar-refractivity contribution in [2.24, 2.45) is 0 Å². The van der Waals surface area contributed by atoms with Crippen LogP contribution in [-0.2, 0) is 6.54 Å². The summed E-state index contributed by atoms with van der Waals surface area (Å²) in [5.74, 6) is 0.370. The minimum atomic E-state index is 0.370. The maximum absolute atomic E-state index is 9.95. The molecule has 2 nitrogen and oxygen atoms in total. The van der Waals surface area contributed by atoms with Crippen LogP contribution in [0.5, 0.6) is 5.75 Å². The minimum absolute atomic E-state index is 0.370. The number of para-hydroxylation sites is 1. The lowest BCUT2D eigenvalue weighted by Crippen LogP contribution is -2.01. The second-order valence-corrected chi connectivity index (χ2v) is 6.14. The number of aryl methyl sites for hydroxylation is 1. The molecule has 0 aromatic heterocycles. The number of phenols is 1. The number of rotatable bonds is 3. The minimum Gasteiger partial charge on any atom is -0.507 e. The van der Waals surface area contributed by atoms with Crippen molar-refractivity contribution >= 4 is 44.2 Å². The standard InChI is InChI=1S/C14H13BrINO/c1-9-3-2-4-10(14(9)18)8-17-13-7-11(15)5-6-12(13)16/h2-7,17-18H,8H2,1H3. The average molecular weight is 418 g/mol. The van der Waals surface area contributed by atoms with E-state index in [4.69, 9.17) is 0 Å². The zero-order valence-corrected chi connectivity index (χ0v) is 13.6. The van der Waals surface area contributed by atoms with E-state index in [1.165, 1.54) is 0 Å². The lowest BCUT2D eigenvalue weighted by atomic mass is 10.1. The van der Waals surface area contributed by atoms with Gasteiger partial charge in [0.05, 0.1) is 0 Å². The van der Waals surface area contributed by atoms with Gasteiger partial charge < -0.3 is 10.4 Å². The van der Waals surface area contributed by atoms with Crippen molar-refractivity contribution in [1.82, 2.24) is 0 Å². The SMILES string of the molecule is Cc1cccc(CNc2cc(Br)ccc2I)c1O. The van der Waals surface area contributed by atoms with Crippen molar-refractivity contribution < 1.29 is 5.11 Å². The van der Waals surface area contributed by atoms with E-state index in [1.54, 1.807) is 0 Å². The fourth-order valence-corrected chi connectivity index (χ4v) is 2.57. The molecule has 2 N–H and O–H groups in total. The van der Waals surface area contributed by atoms with Gasteiger partial charge in [0, 0.05) is 25.8 Å². The zero-order chi connectivity index (χ0) is 13.1. The number of halogens is 2. The predicted molar refractivity (Wildman–Crippen MR) is 87.0 cm³/mol. The second kappa shape index (κ2) is 5.93. The van der Waals surface area contributed by atoms with Gasteiger partial charge >= 0.3 is 0 Å². The van der Waals surface area contributed by atoms with Gasteiger partial charge in [0.15, 0.2) is 0 Å². The Morgan fingerprint density at radius 1 is 1.28 bits per heavy atom. The highest BCUT2D eigenvalue weighted by molar-refractivity contribution is 14.1. The molecule has 0 amide bonds. The molecule has 0 aliphatic heterocycles. The number of benzene rings is 2. The lowest BCUT2D eigenvalue weighted by Gasteiger charge is -2.11. The highest BCUT2D eigenvalue weighted by Crippen LogP contribution is 2.26. The molecular formula is C14H13BrINO. The van der Waals surface area contributed by atoms with Gasteiger partial charge in [-0.15, -0.1) is 0 Å². The summed E-state index contributed by atoms with van der Waals surface area (Å²) in [5.41, 5.74) is 2.87. The van der Waals surface area contributed by atoms with E-state index in [0.717, 1.165) is 24.9 Å². The van der Waals surface area contributed by atoms with Gasteiger partial charge in [-0.25, -0.2) is 0 Å². The molecule has 2 rings (SSSR count). The number of phenolic OH excluding ortho intramolecular Hbond substituents is 1. The molecule has 94 valence electrons. The molecule has 0 saturated heterocycles. The Labute approximate surface area is 129 Å². The molecule has 0 unspecified atom stereocenters. The molecule has 0 heterocycles. The van der Waals surface area contributed by atoms with E-state index in [2.05, 4.69) is 43.8 Å². The van der Waals surface area contributed by atoms with Crippen LogP contribution in [0.3, 0.4) is 0 Å². The van der Waals surface area contributed by atoms with Gasteiger partial charge in [-0.2, -0.15) is 0 Å². The van der Waals surface area contributed by atoms with Crippen LogP contribution in [0.2, 0.25) is 0 Å². The third-order valence-electron chi connectivity index (χ3n) is 2.72. The van der Waals surface area contributed by atoms with E-state index in [1.807, 2.05) is 43.3 Å². The van der Waals surface area contributed by atoms with E-state index in [9.17, 15) is 5.11 Å². The quantitative estimate of drug-likeness (QED) is 0.710. The third kappa shape index (κ3) is 3.17. The molecule has 0 aliphatic rings. The first-order valence-corrected chi connectivity index (χ1v) is 7.41. The zero-order valence-electron chi connectivity index (χ0n) is 9.87. The summed E-state index contributed by atoms with van der Waals surface area (Å²) in [7, 11) is 0. The van der Waals surface area contributed by atoms with Crippen LogP contribution in [0.15, 0.2) is 40.9 Å². The summed E-state index contributed by atoms with van der Waals surface area (Å²) >= 11 is 5.75. The molecule has 0 radical (unpaired) electrons. The largest absolute Gasteiger partial charge is 0.507 e. The van der Waals surface area contributed by atoms with E-state index in [0.29, 0.717) is 12.3 Å². The van der Waals surface area contributed by atoms with Crippen LogP contribution in [0.25, 0.3) is 0 Å². The number of aromatic hydroxyl groups is 1. The van der Waals surface area contributed by atoms with Crippen LogP contribution in [0, 0.1) is 10.5 Å². The van der Waals surface area contributed by atoms with Gasteiger partial charge in [-0.05, 0) is 53.3 Å². The van der Waals surface area contributed by atoms with Crippen molar-refractivity contribution in [3.8, 4) is 5.75 Å². The molecule has 0 saturated carbocycles. The molecule has 0 spiro atoms. The summed E-state index contributed by atoms with van der Waals surface area (Å²) in [6.45, 7) is 2.52. The Morgan fingerprint density at radius 3 is 2.83 bits per heavy atom. The van der Waals surface area contributed by atoms with Crippen LogP contribution in [-0.4, -0.2) is 5.11 Å². The molecule has 18 heavy (non-hydrogen) atoms. The van der Waals surface area contributed by atoms with Crippen molar-refractivity contribution in [2.75, 3.05) is 5.32 Å². The summed E-state index contributed by atoms with van der Waals surface area (Å²) < 4.78 is 2.20. The topological polar surface area (TPSA) is 32.3 Å². The molecule has 0 fully saturated rings. The third-order valence-corrected chi connectivity index (χ3v) is 4.15. The molecule has 2 aromatic rings. The Morgan fingerprint density at radius 2 is 2.06 bits per heavy atom. The number of hydrogen-bond acceptors (Lipinski definition) is 2. The monoisotopic (exact) mass is 417 g/mol. The first kappa shape index (κ1) is 13.7. The highest BCUT2D eigenvalue weighted by Gasteiger charge is 2.05. The van der Waals surface area contributed by atoms with Crippen molar-refractivity contribution in [1.29, 1.82) is 0 Å². The second-order valence-electron chi connectivity index (χ2n) is 4.06. The van der Waals surface area contributed by atoms with E-state index >= 15 is 0 Å². The van der Waals surface area contributed by atoms with Gasteiger partial charge in [0.1, 0.15) is 5.75 Å². The molecule has 2 aromatic carbocycles. The Kier molecular flexibility index (Phi) is 4.50. The number of anilines is 1. The van der Waals surface area contributed by atoms with Gasteiger partial charge in [0.2, 0.25) is 0 Å². The van der Waals surface area contributed by atoms with Crippen LogP contribution in [0.4, 0.5) is 5.69 Å². The molecular weight excluding hydrogens is 405 g/mol. The Balaban J connectivity index is 2.16. The van der Waals surface area contributed by atoms with Crippen LogP contribution in [0.1, 0.15) is 11.1 Å². The van der Waals surface area contributed by atoms with Gasteiger partial charge in [0.25, 0.3) is 0 Å². The molecule has 0 aliphatic carbocycles. The Hall–Kier alpha value is -0.750. The average Bonchev–Trinajstić information content (AvgIpc) is 2.35. The first-order valence-electron chi connectivity index (χ1n) is 5.54. The fourth-order valence-electron chi connectivity index (χ4n) is 1.69. The normalized spacial score (nSPS) is 10.4. The number of nitrogens with one attached hydrogen (secondary N) is 1. The molecule has 0 atom stereocenters. The molecule has 0 bridgehead atoms. The Bertz CT molecular complexity index is 570. The lowest BCUT2D eigenvalue weighted by molar-refractivity contribution is 0.465. The van der Waals surface area contributed by atoms with Gasteiger partial charge in [-0.1, -0.05) is 34.1 Å². The first-order chi connectivity index (χ1) is 8.58. The smallest absolute Gasteiger partial charge is 0.123 e. The predicted octanol–water partition coefficient (Wildman–Crippen LogP) is 4.68. The van der Waals surface area contributed by atoms with E-state index in [-0.39, 0.29) is 0 Å². The number of hydrogen-bond donors (Lipinski definition) is 2. The highest BCUT2D eigenvalue weighted by atomic mass is 127. The summed E-state index contributed by atoms with van der Waals surface area (Å²) in [4.78, 5) is 0. The van der Waals surface area contributed by atoms with Gasteiger partial charge in [-0.3, -0.25) is 0 Å². The van der Waals surface area contributed by atoms with E-state index < -0.39 is 0 Å². The summed E-state index contributed by atoms with van der Waals surface area (Å²) in [6, 6.07) is 11.9. The van der Waals surface area contributed by atoms with Crippen LogP contribution < -0.4 is 5.32 Å². The van der Waals surface area contributed by atoms with Crippen molar-refractivity contribution in [2.45, 2.75) is 13.5 Å².